The first-order valence-corrected chi connectivity index (χ1v) is 22.9. The second-order valence-electron chi connectivity index (χ2n) is 16.6. The Hall–Kier alpha value is -2.19. The molecular formula is C47H87NO7. The van der Waals surface area contributed by atoms with E-state index in [-0.39, 0.29) is 42.7 Å². The highest BCUT2D eigenvalue weighted by Crippen LogP contribution is 2.16. The highest BCUT2D eigenvalue weighted by molar-refractivity contribution is 5.70. The van der Waals surface area contributed by atoms with Crippen molar-refractivity contribution in [3.63, 3.8) is 0 Å². The number of quaternary nitrogens is 1. The Labute approximate surface area is 339 Å². The van der Waals surface area contributed by atoms with E-state index in [0.717, 1.165) is 51.4 Å². The Morgan fingerprint density at radius 3 is 1.49 bits per heavy atom. The Bertz CT molecular complexity index is 957. The summed E-state index contributed by atoms with van der Waals surface area (Å²) in [6.07, 6.45) is 42.1. The predicted molar refractivity (Wildman–Crippen MR) is 227 cm³/mol. The van der Waals surface area contributed by atoms with Gasteiger partial charge in [0.2, 0.25) is 0 Å². The van der Waals surface area contributed by atoms with Crippen LogP contribution in [0.5, 0.6) is 0 Å². The first kappa shape index (κ1) is 52.8. The summed E-state index contributed by atoms with van der Waals surface area (Å²) in [5, 5.41) is 11.6. The largest absolute Gasteiger partial charge is 0.544 e. The highest BCUT2D eigenvalue weighted by atomic mass is 16.6. The lowest BCUT2D eigenvalue weighted by Crippen LogP contribution is -2.55. The molecule has 8 heteroatoms. The molecule has 0 radical (unpaired) electrons. The molecule has 0 amide bonds. The minimum Gasteiger partial charge on any atom is -0.544 e. The van der Waals surface area contributed by atoms with Gasteiger partial charge in [-0.25, -0.2) is 0 Å². The van der Waals surface area contributed by atoms with Crippen molar-refractivity contribution in [2.24, 2.45) is 0 Å². The van der Waals surface area contributed by atoms with Crippen LogP contribution in [0, 0.1) is 0 Å². The van der Waals surface area contributed by atoms with E-state index < -0.39 is 18.1 Å². The van der Waals surface area contributed by atoms with E-state index in [9.17, 15) is 19.5 Å². The topological polar surface area (TPSA) is 102 Å². The molecule has 2 unspecified atom stereocenters. The number of carbonyl (C=O) groups excluding carboxylic acids is 3. The number of allylic oxidation sites excluding steroid dienone is 4. The predicted octanol–water partition coefficient (Wildman–Crippen LogP) is 11.1. The number of carboxylic acid groups (broad SMARTS) is 1. The fourth-order valence-electron chi connectivity index (χ4n) is 6.82. The van der Waals surface area contributed by atoms with E-state index >= 15 is 0 Å². The van der Waals surface area contributed by atoms with Gasteiger partial charge >= 0.3 is 11.9 Å². The zero-order chi connectivity index (χ0) is 40.7. The van der Waals surface area contributed by atoms with Crippen molar-refractivity contribution < 1.29 is 38.2 Å². The van der Waals surface area contributed by atoms with E-state index in [1.165, 1.54) is 122 Å². The molecule has 0 aliphatic rings. The molecule has 2 atom stereocenters. The van der Waals surface area contributed by atoms with E-state index in [1.807, 2.05) is 0 Å². The van der Waals surface area contributed by atoms with Crippen LogP contribution in [0.15, 0.2) is 24.3 Å². The molecule has 0 saturated heterocycles. The third kappa shape index (κ3) is 37.2. The van der Waals surface area contributed by atoms with Crippen molar-refractivity contribution in [1.29, 1.82) is 0 Å². The standard InChI is InChI=1S/C47H87NO7/c1-6-8-10-12-14-16-18-19-20-21-22-23-24-25-26-27-28-30-32-34-36-38-46(50)55-43(41-53-40-39-44(47(51)52)48(3,4)5)42-54-45(49)37-35-33-31-29-17-15-13-11-9-7-2/h8,10,14,16,43-44H,6-7,9,11-13,15,17-42H2,1-5H3/b10-8+,16-14+. The van der Waals surface area contributed by atoms with Gasteiger partial charge in [-0.1, -0.05) is 173 Å². The number of nitrogens with zero attached hydrogens (tertiary/aromatic N) is 1. The lowest BCUT2D eigenvalue weighted by molar-refractivity contribution is -0.889. The number of esters is 2. The Balaban J connectivity index is 4.20. The van der Waals surface area contributed by atoms with E-state index in [1.54, 1.807) is 21.1 Å². The van der Waals surface area contributed by atoms with Crippen molar-refractivity contribution in [3.8, 4) is 0 Å². The number of hydrogen-bond acceptors (Lipinski definition) is 7. The molecule has 0 spiro atoms. The van der Waals surface area contributed by atoms with E-state index in [0.29, 0.717) is 12.8 Å². The van der Waals surface area contributed by atoms with Gasteiger partial charge in [0.15, 0.2) is 6.10 Å². The maximum atomic E-state index is 12.7. The zero-order valence-corrected chi connectivity index (χ0v) is 36.6. The summed E-state index contributed by atoms with van der Waals surface area (Å²) in [6.45, 7) is 4.57. The smallest absolute Gasteiger partial charge is 0.306 e. The van der Waals surface area contributed by atoms with Crippen LogP contribution < -0.4 is 5.11 Å². The third-order valence-electron chi connectivity index (χ3n) is 10.4. The quantitative estimate of drug-likeness (QED) is 0.0264. The van der Waals surface area contributed by atoms with Crippen LogP contribution in [0.3, 0.4) is 0 Å². The normalized spacial score (nSPS) is 13.1. The Kier molecular flexibility index (Phi) is 37.1. The van der Waals surface area contributed by atoms with Gasteiger partial charge in [-0.05, 0) is 38.5 Å². The minimum absolute atomic E-state index is 0.0453. The Morgan fingerprint density at radius 1 is 0.564 bits per heavy atom. The minimum atomic E-state index is -1.12. The van der Waals surface area contributed by atoms with Crippen LogP contribution in [0.2, 0.25) is 0 Å². The lowest BCUT2D eigenvalue weighted by atomic mass is 10.0. The van der Waals surface area contributed by atoms with Gasteiger partial charge in [-0.3, -0.25) is 9.59 Å². The molecule has 0 aromatic heterocycles. The SMILES string of the molecule is CC/C=C/C/C=C/CCCCCCCCCCCCCCCCC(=O)OC(COCCC(C(=O)[O-])[N+](C)(C)C)COC(=O)CCCCCCCCCCCC. The van der Waals surface area contributed by atoms with E-state index in [4.69, 9.17) is 14.2 Å². The molecule has 322 valence electrons. The second-order valence-corrected chi connectivity index (χ2v) is 16.6. The fourth-order valence-corrected chi connectivity index (χ4v) is 6.82. The van der Waals surface area contributed by atoms with Crippen molar-refractivity contribution in [1.82, 2.24) is 0 Å². The number of likely N-dealkylation sites (N-methyl/N-ethyl adjacent to an activating group) is 1. The van der Waals surface area contributed by atoms with Gasteiger partial charge in [0, 0.05) is 19.3 Å². The summed E-state index contributed by atoms with van der Waals surface area (Å²) in [6, 6.07) is -0.721. The average Bonchev–Trinajstić information content (AvgIpc) is 3.14. The first-order valence-electron chi connectivity index (χ1n) is 22.9. The van der Waals surface area contributed by atoms with Gasteiger partial charge in [0.05, 0.1) is 40.3 Å². The number of carboxylic acids is 1. The number of carbonyl (C=O) groups is 3. The van der Waals surface area contributed by atoms with Gasteiger partial charge in [0.25, 0.3) is 0 Å². The molecular weight excluding hydrogens is 691 g/mol. The number of hydrogen-bond donors (Lipinski definition) is 0. The summed E-state index contributed by atoms with van der Waals surface area (Å²) in [5.41, 5.74) is 0. The van der Waals surface area contributed by atoms with Crippen LogP contribution in [0.25, 0.3) is 0 Å². The fraction of sp³-hybridized carbons (Fsp3) is 0.851. The molecule has 8 nitrogen and oxygen atoms in total. The average molecular weight is 778 g/mol. The molecule has 0 fully saturated rings. The maximum Gasteiger partial charge on any atom is 0.306 e. The molecule has 0 rings (SSSR count). The number of rotatable bonds is 41. The molecule has 0 aromatic carbocycles. The molecule has 0 aliphatic heterocycles. The van der Waals surface area contributed by atoms with Crippen molar-refractivity contribution in [3.05, 3.63) is 24.3 Å². The van der Waals surface area contributed by atoms with Crippen molar-refractivity contribution in [2.75, 3.05) is 41.0 Å². The van der Waals surface area contributed by atoms with Crippen LogP contribution >= 0.6 is 0 Å². The summed E-state index contributed by atoms with van der Waals surface area (Å²) >= 11 is 0. The number of ether oxygens (including phenoxy) is 3. The van der Waals surface area contributed by atoms with Gasteiger partial charge in [-0.15, -0.1) is 0 Å². The zero-order valence-electron chi connectivity index (χ0n) is 36.6. The van der Waals surface area contributed by atoms with Crippen molar-refractivity contribution >= 4 is 17.9 Å². The summed E-state index contributed by atoms with van der Waals surface area (Å²) in [5.74, 6) is -1.73. The molecule has 0 saturated carbocycles. The summed E-state index contributed by atoms with van der Waals surface area (Å²) < 4.78 is 17.2. The van der Waals surface area contributed by atoms with Crippen molar-refractivity contribution in [2.45, 2.75) is 219 Å². The monoisotopic (exact) mass is 778 g/mol. The first-order chi connectivity index (χ1) is 26.6. The third-order valence-corrected chi connectivity index (χ3v) is 10.4. The summed E-state index contributed by atoms with van der Waals surface area (Å²) in [4.78, 5) is 36.8. The second kappa shape index (κ2) is 38.7. The molecule has 0 N–H and O–H groups in total. The Morgan fingerprint density at radius 2 is 1.02 bits per heavy atom. The number of unbranched alkanes of at least 4 members (excludes halogenated alkanes) is 23. The van der Waals surface area contributed by atoms with Gasteiger partial charge in [-0.2, -0.15) is 0 Å². The van der Waals surface area contributed by atoms with Crippen LogP contribution in [0.1, 0.15) is 206 Å². The maximum absolute atomic E-state index is 12.7. The highest BCUT2D eigenvalue weighted by Gasteiger charge is 2.25. The lowest BCUT2D eigenvalue weighted by Gasteiger charge is -2.34. The molecule has 0 aliphatic carbocycles. The van der Waals surface area contributed by atoms with Crippen LogP contribution in [0.4, 0.5) is 0 Å². The number of aliphatic carboxylic acids is 1. The van der Waals surface area contributed by atoms with E-state index in [2.05, 4.69) is 38.2 Å². The van der Waals surface area contributed by atoms with Gasteiger partial charge < -0.3 is 28.6 Å². The molecule has 0 aromatic rings. The van der Waals surface area contributed by atoms with Gasteiger partial charge in [0.1, 0.15) is 12.6 Å². The molecule has 0 heterocycles. The summed E-state index contributed by atoms with van der Waals surface area (Å²) in [7, 11) is 5.41. The van der Waals surface area contributed by atoms with Crippen LogP contribution in [-0.4, -0.2) is 75.5 Å². The van der Waals surface area contributed by atoms with Crippen LogP contribution in [-0.2, 0) is 28.6 Å². The molecule has 55 heavy (non-hydrogen) atoms. The molecule has 0 bridgehead atoms.